The van der Waals surface area contributed by atoms with Gasteiger partial charge in [0.1, 0.15) is 23.0 Å². The van der Waals surface area contributed by atoms with Crippen molar-refractivity contribution >= 4 is 45.7 Å². The van der Waals surface area contributed by atoms with Crippen molar-refractivity contribution in [3.63, 3.8) is 0 Å². The molecule has 1 saturated heterocycles. The maximum atomic E-state index is 12.2. The number of carbonyl (C=O) groups excluding carboxylic acids is 1. The van der Waals surface area contributed by atoms with E-state index in [1.54, 1.807) is 17.7 Å². The highest BCUT2D eigenvalue weighted by Gasteiger charge is 2.32. The maximum Gasteiger partial charge on any atom is 0.242 e. The number of amides is 1. The Hall–Kier alpha value is -1.44. The van der Waals surface area contributed by atoms with E-state index < -0.39 is 0 Å². The molecule has 1 amide bonds. The standard InChI is InChI=1S/C13H17N5OS.ClH/c14-4-5-15-12(19)10-2-1-6-18(10)11-9-3-7-20-13(9)17-8-16-11;/h3,7-8,10H,1-2,4-6,14H2,(H,15,19);1H. The summed E-state index contributed by atoms with van der Waals surface area (Å²) in [6, 6.07) is 1.86. The number of thiophene rings is 1. The lowest BCUT2D eigenvalue weighted by atomic mass is 10.2. The van der Waals surface area contributed by atoms with Crippen LogP contribution in [0.3, 0.4) is 0 Å². The fourth-order valence-electron chi connectivity index (χ4n) is 2.61. The molecule has 3 rings (SSSR count). The highest BCUT2D eigenvalue weighted by atomic mass is 35.5. The number of nitrogens with zero attached hydrogens (tertiary/aromatic N) is 3. The van der Waals surface area contributed by atoms with E-state index in [4.69, 9.17) is 5.73 Å². The van der Waals surface area contributed by atoms with Crippen LogP contribution in [0.25, 0.3) is 10.2 Å². The summed E-state index contributed by atoms with van der Waals surface area (Å²) < 4.78 is 0. The van der Waals surface area contributed by atoms with E-state index in [0.29, 0.717) is 13.1 Å². The molecule has 21 heavy (non-hydrogen) atoms. The van der Waals surface area contributed by atoms with E-state index in [1.165, 1.54) is 0 Å². The van der Waals surface area contributed by atoms with Crippen molar-refractivity contribution in [1.82, 2.24) is 15.3 Å². The Bertz CT molecular complexity index is 619. The van der Waals surface area contributed by atoms with Gasteiger partial charge < -0.3 is 16.0 Å². The summed E-state index contributed by atoms with van der Waals surface area (Å²) >= 11 is 1.59. The van der Waals surface area contributed by atoms with Gasteiger partial charge in [0.05, 0.1) is 5.39 Å². The molecule has 1 aliphatic heterocycles. The van der Waals surface area contributed by atoms with Crippen LogP contribution in [0.4, 0.5) is 5.82 Å². The molecule has 1 atom stereocenters. The van der Waals surface area contributed by atoms with Crippen LogP contribution in [0, 0.1) is 0 Å². The Morgan fingerprint density at radius 1 is 1.52 bits per heavy atom. The van der Waals surface area contributed by atoms with Crippen LogP contribution in [-0.2, 0) is 4.79 Å². The molecule has 3 N–H and O–H groups in total. The van der Waals surface area contributed by atoms with Crippen molar-refractivity contribution in [2.75, 3.05) is 24.5 Å². The summed E-state index contributed by atoms with van der Waals surface area (Å²) in [7, 11) is 0. The van der Waals surface area contributed by atoms with Crippen LogP contribution in [-0.4, -0.2) is 41.6 Å². The number of aromatic nitrogens is 2. The molecular formula is C13H18ClN5OS. The molecule has 0 bridgehead atoms. The number of anilines is 1. The highest BCUT2D eigenvalue weighted by molar-refractivity contribution is 7.16. The highest BCUT2D eigenvalue weighted by Crippen LogP contribution is 2.31. The Labute approximate surface area is 133 Å². The molecule has 1 aliphatic rings. The van der Waals surface area contributed by atoms with Crippen molar-refractivity contribution in [3.8, 4) is 0 Å². The first-order chi connectivity index (χ1) is 9.81. The van der Waals surface area contributed by atoms with Gasteiger partial charge in [0.25, 0.3) is 0 Å². The van der Waals surface area contributed by atoms with E-state index in [-0.39, 0.29) is 24.4 Å². The number of nitrogens with one attached hydrogen (secondary N) is 1. The Balaban J connectivity index is 0.00000161. The molecule has 0 saturated carbocycles. The molecule has 1 unspecified atom stereocenters. The van der Waals surface area contributed by atoms with Crippen molar-refractivity contribution < 1.29 is 4.79 Å². The normalized spacial score (nSPS) is 17.8. The number of carbonyl (C=O) groups is 1. The number of hydrogen-bond acceptors (Lipinski definition) is 6. The summed E-state index contributed by atoms with van der Waals surface area (Å²) in [6.07, 6.45) is 3.42. The molecule has 8 heteroatoms. The first-order valence-electron chi connectivity index (χ1n) is 6.74. The topological polar surface area (TPSA) is 84.1 Å². The van der Waals surface area contributed by atoms with Gasteiger partial charge in [-0.1, -0.05) is 0 Å². The zero-order valence-corrected chi connectivity index (χ0v) is 13.1. The largest absolute Gasteiger partial charge is 0.353 e. The van der Waals surface area contributed by atoms with Gasteiger partial charge in [-0.05, 0) is 24.3 Å². The van der Waals surface area contributed by atoms with E-state index in [1.807, 2.05) is 11.4 Å². The fraction of sp³-hybridized carbons (Fsp3) is 0.462. The first-order valence-corrected chi connectivity index (χ1v) is 7.62. The Morgan fingerprint density at radius 3 is 3.19 bits per heavy atom. The van der Waals surface area contributed by atoms with Crippen molar-refractivity contribution in [3.05, 3.63) is 17.8 Å². The third-order valence-corrected chi connectivity index (χ3v) is 4.33. The van der Waals surface area contributed by atoms with Crippen molar-refractivity contribution in [2.24, 2.45) is 5.73 Å². The SMILES string of the molecule is Cl.NCCNC(=O)C1CCCN1c1ncnc2sccc12. The van der Waals surface area contributed by atoms with Crippen LogP contribution in [0.2, 0.25) is 0 Å². The third kappa shape index (κ3) is 3.09. The number of halogens is 1. The van der Waals surface area contributed by atoms with Crippen molar-refractivity contribution in [1.29, 1.82) is 0 Å². The predicted molar refractivity (Wildman–Crippen MR) is 87.1 cm³/mol. The summed E-state index contributed by atoms with van der Waals surface area (Å²) in [5, 5.41) is 5.90. The fourth-order valence-corrected chi connectivity index (χ4v) is 3.34. The lowest BCUT2D eigenvalue weighted by molar-refractivity contribution is -0.122. The van der Waals surface area contributed by atoms with Crippen LogP contribution in [0.1, 0.15) is 12.8 Å². The van der Waals surface area contributed by atoms with E-state index in [0.717, 1.165) is 35.4 Å². The molecule has 1 fully saturated rings. The van der Waals surface area contributed by atoms with E-state index in [2.05, 4.69) is 20.2 Å². The van der Waals surface area contributed by atoms with Gasteiger partial charge in [-0.3, -0.25) is 4.79 Å². The number of rotatable bonds is 4. The van der Waals surface area contributed by atoms with Crippen molar-refractivity contribution in [2.45, 2.75) is 18.9 Å². The lowest BCUT2D eigenvalue weighted by Crippen LogP contribution is -2.45. The summed E-state index contributed by atoms with van der Waals surface area (Å²) in [4.78, 5) is 23.9. The summed E-state index contributed by atoms with van der Waals surface area (Å²) in [5.41, 5.74) is 5.43. The first kappa shape index (κ1) is 15.9. The number of fused-ring (bicyclic) bond motifs is 1. The van der Waals surface area contributed by atoms with Crippen LogP contribution >= 0.6 is 23.7 Å². The smallest absolute Gasteiger partial charge is 0.242 e. The quantitative estimate of drug-likeness (QED) is 0.880. The third-order valence-electron chi connectivity index (χ3n) is 3.51. The average Bonchev–Trinajstić information content (AvgIpc) is 3.12. The minimum atomic E-state index is -0.153. The molecule has 2 aromatic rings. The van der Waals surface area contributed by atoms with E-state index >= 15 is 0 Å². The molecule has 6 nitrogen and oxygen atoms in total. The second kappa shape index (κ2) is 7.02. The summed E-state index contributed by atoms with van der Waals surface area (Å²) in [5.74, 6) is 0.900. The second-order valence-electron chi connectivity index (χ2n) is 4.77. The molecule has 114 valence electrons. The minimum absolute atomic E-state index is 0. The average molecular weight is 328 g/mol. The molecule has 0 spiro atoms. The monoisotopic (exact) mass is 327 g/mol. The second-order valence-corrected chi connectivity index (χ2v) is 5.66. The minimum Gasteiger partial charge on any atom is -0.353 e. The van der Waals surface area contributed by atoms with Gasteiger partial charge in [0, 0.05) is 19.6 Å². The van der Waals surface area contributed by atoms with E-state index in [9.17, 15) is 4.79 Å². The molecule has 3 heterocycles. The molecule has 0 aromatic carbocycles. The predicted octanol–water partition coefficient (Wildman–Crippen LogP) is 1.16. The van der Waals surface area contributed by atoms with Gasteiger partial charge >= 0.3 is 0 Å². The zero-order chi connectivity index (χ0) is 13.9. The van der Waals surface area contributed by atoms with Gasteiger partial charge in [-0.15, -0.1) is 23.7 Å². The van der Waals surface area contributed by atoms with Crippen LogP contribution in [0.5, 0.6) is 0 Å². The number of hydrogen-bond donors (Lipinski definition) is 2. The zero-order valence-electron chi connectivity index (χ0n) is 11.5. The molecular weight excluding hydrogens is 310 g/mol. The van der Waals surface area contributed by atoms with Gasteiger partial charge in [-0.25, -0.2) is 9.97 Å². The van der Waals surface area contributed by atoms with Gasteiger partial charge in [0.2, 0.25) is 5.91 Å². The Kier molecular flexibility index (Phi) is 5.33. The number of nitrogens with two attached hydrogens (primary N) is 1. The van der Waals surface area contributed by atoms with Gasteiger partial charge in [0.15, 0.2) is 0 Å². The molecule has 0 aliphatic carbocycles. The lowest BCUT2D eigenvalue weighted by Gasteiger charge is -2.25. The molecule has 2 aromatic heterocycles. The summed E-state index contributed by atoms with van der Waals surface area (Å²) in [6.45, 7) is 1.82. The maximum absolute atomic E-state index is 12.2. The Morgan fingerprint density at radius 2 is 2.38 bits per heavy atom. The van der Waals surface area contributed by atoms with Crippen LogP contribution in [0.15, 0.2) is 17.8 Å². The molecule has 0 radical (unpaired) electrons. The van der Waals surface area contributed by atoms with Crippen LogP contribution < -0.4 is 16.0 Å². The van der Waals surface area contributed by atoms with Gasteiger partial charge in [-0.2, -0.15) is 0 Å².